The average molecular weight is 344 g/mol. The number of hydrogen-bond acceptors (Lipinski definition) is 5. The quantitative estimate of drug-likeness (QED) is 0.515. The highest BCUT2D eigenvalue weighted by Gasteiger charge is 2.52. The molecule has 0 radical (unpaired) electrons. The van der Waals surface area contributed by atoms with Gasteiger partial charge in [-0.15, -0.1) is 0 Å². The van der Waals surface area contributed by atoms with Crippen LogP contribution in [0.2, 0.25) is 0 Å². The smallest absolute Gasteiger partial charge is 0.315 e. The summed E-state index contributed by atoms with van der Waals surface area (Å²) in [6.07, 6.45) is 2.95. The fraction of sp³-hybridized carbons (Fsp3) is 0.550. The van der Waals surface area contributed by atoms with Crippen molar-refractivity contribution in [2.75, 3.05) is 0 Å². The first-order valence-electron chi connectivity index (χ1n) is 8.74. The lowest BCUT2D eigenvalue weighted by molar-refractivity contribution is -0.146. The van der Waals surface area contributed by atoms with Gasteiger partial charge in [0.25, 0.3) is 0 Å². The van der Waals surface area contributed by atoms with E-state index in [0.717, 1.165) is 19.0 Å². The second-order valence-electron chi connectivity index (χ2n) is 8.16. The van der Waals surface area contributed by atoms with E-state index < -0.39 is 23.7 Å². The summed E-state index contributed by atoms with van der Waals surface area (Å²) >= 11 is 0. The largest absolute Gasteiger partial charge is 0.504 e. The van der Waals surface area contributed by atoms with Crippen molar-refractivity contribution >= 4 is 18.5 Å². The molecule has 1 fully saturated rings. The molecule has 0 amide bonds. The summed E-state index contributed by atoms with van der Waals surface area (Å²) in [6, 6.07) is 1.66. The van der Waals surface area contributed by atoms with Crippen LogP contribution in [0.5, 0.6) is 11.5 Å². The van der Waals surface area contributed by atoms with Crippen LogP contribution in [0.25, 0.3) is 0 Å². The number of aldehydes is 2. The summed E-state index contributed by atoms with van der Waals surface area (Å²) in [5, 5.41) is 10.6. The molecule has 1 heterocycles. The summed E-state index contributed by atoms with van der Waals surface area (Å²) in [5.74, 6) is -1.82. The molecule has 0 spiro atoms. The predicted octanol–water partition coefficient (Wildman–Crippen LogP) is 3.58. The first kappa shape index (κ1) is 17.6. The van der Waals surface area contributed by atoms with Gasteiger partial charge in [0.1, 0.15) is 12.6 Å². The number of esters is 1. The van der Waals surface area contributed by atoms with Crippen molar-refractivity contribution in [3.8, 4) is 11.5 Å². The average Bonchev–Trinajstić information content (AvgIpc) is 2.54. The zero-order valence-electron chi connectivity index (χ0n) is 15.0. The summed E-state index contributed by atoms with van der Waals surface area (Å²) < 4.78 is 5.46. The Hall–Kier alpha value is -2.17. The molecule has 1 aromatic carbocycles. The van der Waals surface area contributed by atoms with Crippen LogP contribution >= 0.6 is 0 Å². The molecule has 1 aliphatic heterocycles. The highest BCUT2D eigenvalue weighted by Crippen LogP contribution is 2.57. The third-order valence-corrected chi connectivity index (χ3v) is 5.91. The van der Waals surface area contributed by atoms with Crippen LogP contribution < -0.4 is 4.74 Å². The first-order chi connectivity index (χ1) is 11.7. The molecule has 5 heteroatoms. The maximum absolute atomic E-state index is 12.6. The van der Waals surface area contributed by atoms with E-state index in [1.807, 2.05) is 27.7 Å². The first-order valence-corrected chi connectivity index (χ1v) is 8.74. The summed E-state index contributed by atoms with van der Waals surface area (Å²) in [4.78, 5) is 36.2. The molecule has 3 rings (SSSR count). The molecular weight excluding hydrogens is 320 g/mol. The van der Waals surface area contributed by atoms with E-state index in [-0.39, 0.29) is 22.8 Å². The highest BCUT2D eigenvalue weighted by atomic mass is 16.5. The van der Waals surface area contributed by atoms with Crippen LogP contribution in [0.15, 0.2) is 6.07 Å². The van der Waals surface area contributed by atoms with E-state index in [9.17, 15) is 19.5 Å². The van der Waals surface area contributed by atoms with Gasteiger partial charge in [-0.1, -0.05) is 27.7 Å². The van der Waals surface area contributed by atoms with Gasteiger partial charge in [-0.3, -0.25) is 9.59 Å². The molecule has 0 bridgehead atoms. The van der Waals surface area contributed by atoms with Crippen LogP contribution in [0.4, 0.5) is 0 Å². The fourth-order valence-corrected chi connectivity index (χ4v) is 4.39. The van der Waals surface area contributed by atoms with Gasteiger partial charge < -0.3 is 14.6 Å². The van der Waals surface area contributed by atoms with Crippen LogP contribution in [0.3, 0.4) is 0 Å². The van der Waals surface area contributed by atoms with E-state index >= 15 is 0 Å². The van der Waals surface area contributed by atoms with Gasteiger partial charge in [0.2, 0.25) is 0 Å². The molecule has 0 unspecified atom stereocenters. The zero-order valence-corrected chi connectivity index (χ0v) is 15.0. The fourth-order valence-electron chi connectivity index (χ4n) is 4.39. The topological polar surface area (TPSA) is 80.7 Å². The molecule has 25 heavy (non-hydrogen) atoms. The minimum atomic E-state index is -0.460. The van der Waals surface area contributed by atoms with Crippen LogP contribution in [0, 0.1) is 17.3 Å². The van der Waals surface area contributed by atoms with Gasteiger partial charge in [0.15, 0.2) is 11.5 Å². The number of benzene rings is 1. The van der Waals surface area contributed by atoms with Gasteiger partial charge in [-0.2, -0.15) is 0 Å². The standard InChI is InChI=1S/C20H24O5/c1-10(2)13-7-11(8-21)15-16-12(19(24)25-18(15)17(13)23)5-6-20(3,4)14(16)9-22/h7-10,12,14,16,23H,5-6H2,1-4H3/t12-,14-,16+/m1/s1. The molecule has 1 N–H and O–H groups in total. The highest BCUT2D eigenvalue weighted by molar-refractivity contribution is 5.88. The van der Waals surface area contributed by atoms with Crippen LogP contribution in [0.1, 0.15) is 73.9 Å². The lowest BCUT2D eigenvalue weighted by Gasteiger charge is -2.47. The van der Waals surface area contributed by atoms with E-state index in [1.54, 1.807) is 6.07 Å². The van der Waals surface area contributed by atoms with E-state index in [0.29, 0.717) is 23.1 Å². The van der Waals surface area contributed by atoms with Gasteiger partial charge >= 0.3 is 5.97 Å². The monoisotopic (exact) mass is 344 g/mol. The normalized spacial score (nSPS) is 27.2. The summed E-state index contributed by atoms with van der Waals surface area (Å²) in [5.41, 5.74) is 1.17. The minimum absolute atomic E-state index is 0.0370. The number of ether oxygens (including phenoxy) is 1. The number of carbonyl (C=O) groups excluding carboxylic acids is 3. The molecule has 1 aliphatic carbocycles. The van der Waals surface area contributed by atoms with Gasteiger partial charge in [0, 0.05) is 28.5 Å². The molecule has 5 nitrogen and oxygen atoms in total. The predicted molar refractivity (Wildman–Crippen MR) is 92.0 cm³/mol. The van der Waals surface area contributed by atoms with Crippen molar-refractivity contribution in [1.82, 2.24) is 0 Å². The van der Waals surface area contributed by atoms with E-state index in [4.69, 9.17) is 4.74 Å². The lowest BCUT2D eigenvalue weighted by atomic mass is 9.57. The third-order valence-electron chi connectivity index (χ3n) is 5.91. The number of hydrogen-bond donors (Lipinski definition) is 1. The Balaban J connectivity index is 2.30. The molecule has 0 aromatic heterocycles. The van der Waals surface area contributed by atoms with Gasteiger partial charge in [-0.25, -0.2) is 0 Å². The molecule has 1 aromatic rings. The SMILES string of the molecule is CC(C)c1cc(C=O)c2c(c1O)OC(=O)[C@@H]1CCC(C)(C)[C@H](C=O)[C@@H]21. The van der Waals surface area contributed by atoms with E-state index in [1.165, 1.54) is 0 Å². The molecule has 134 valence electrons. The second kappa shape index (κ2) is 5.97. The second-order valence-corrected chi connectivity index (χ2v) is 8.16. The number of fused-ring (bicyclic) bond motifs is 3. The summed E-state index contributed by atoms with van der Waals surface area (Å²) in [7, 11) is 0. The Morgan fingerprint density at radius 1 is 1.32 bits per heavy atom. The van der Waals surface area contributed by atoms with Crippen LogP contribution in [-0.4, -0.2) is 23.6 Å². The number of carbonyl (C=O) groups is 3. The molecule has 2 aliphatic rings. The van der Waals surface area contributed by atoms with Crippen LogP contribution in [-0.2, 0) is 9.59 Å². The Bertz CT molecular complexity index is 747. The lowest BCUT2D eigenvalue weighted by Crippen LogP contribution is -2.46. The van der Waals surface area contributed by atoms with Gasteiger partial charge in [-0.05, 0) is 30.2 Å². The number of phenols is 1. The zero-order chi connectivity index (χ0) is 18.5. The molecular formula is C20H24O5. The molecule has 0 saturated heterocycles. The number of phenolic OH excluding ortho intramolecular Hbond substituents is 1. The number of rotatable bonds is 3. The van der Waals surface area contributed by atoms with Crippen molar-refractivity contribution in [1.29, 1.82) is 0 Å². The summed E-state index contributed by atoms with van der Waals surface area (Å²) in [6.45, 7) is 7.79. The van der Waals surface area contributed by atoms with Crippen molar-refractivity contribution in [3.63, 3.8) is 0 Å². The molecule has 3 atom stereocenters. The minimum Gasteiger partial charge on any atom is -0.504 e. The van der Waals surface area contributed by atoms with Crippen molar-refractivity contribution in [2.24, 2.45) is 17.3 Å². The Labute approximate surface area is 147 Å². The number of aromatic hydroxyl groups is 1. The Morgan fingerprint density at radius 3 is 2.56 bits per heavy atom. The maximum Gasteiger partial charge on any atom is 0.315 e. The van der Waals surface area contributed by atoms with Crippen molar-refractivity contribution in [2.45, 2.75) is 52.4 Å². The third kappa shape index (κ3) is 2.57. The van der Waals surface area contributed by atoms with Crippen molar-refractivity contribution in [3.05, 3.63) is 22.8 Å². The van der Waals surface area contributed by atoms with Crippen molar-refractivity contribution < 1.29 is 24.2 Å². The van der Waals surface area contributed by atoms with E-state index in [2.05, 4.69) is 0 Å². The maximum atomic E-state index is 12.6. The Kier molecular flexibility index (Phi) is 4.21. The molecule has 1 saturated carbocycles. The van der Waals surface area contributed by atoms with Gasteiger partial charge in [0.05, 0.1) is 5.92 Å². The Morgan fingerprint density at radius 2 is 2.00 bits per heavy atom.